The predicted octanol–water partition coefficient (Wildman–Crippen LogP) is 4.50. The molecule has 0 spiro atoms. The standard InChI is InChI=1S/C21H31NO/c1-21(2)18-8-5-11-22(14-15-6-3-4-7-15)20(18)12-16-9-10-17(23)13-19(16)21/h9-10,13,15,18,20,23H,3-8,11-12,14H2,1-2H3/t18-,20-/m0/s1. The van der Waals surface area contributed by atoms with Crippen LogP contribution in [0.25, 0.3) is 0 Å². The summed E-state index contributed by atoms with van der Waals surface area (Å²) in [7, 11) is 0. The highest BCUT2D eigenvalue weighted by atomic mass is 16.3. The Morgan fingerprint density at radius 3 is 2.70 bits per heavy atom. The maximum Gasteiger partial charge on any atom is 0.115 e. The Kier molecular flexibility index (Phi) is 3.91. The van der Waals surface area contributed by atoms with Crippen LogP contribution in [0.1, 0.15) is 63.5 Å². The molecule has 2 fully saturated rings. The molecule has 0 bridgehead atoms. The lowest BCUT2D eigenvalue weighted by atomic mass is 9.60. The fourth-order valence-corrected chi connectivity index (χ4v) is 5.76. The number of fused-ring (bicyclic) bond motifs is 2. The molecule has 0 unspecified atom stereocenters. The number of likely N-dealkylation sites (tertiary alicyclic amines) is 1. The van der Waals surface area contributed by atoms with Gasteiger partial charge in [-0.1, -0.05) is 32.8 Å². The molecule has 0 amide bonds. The van der Waals surface area contributed by atoms with Crippen molar-refractivity contribution in [2.75, 3.05) is 13.1 Å². The van der Waals surface area contributed by atoms with Crippen molar-refractivity contribution in [1.29, 1.82) is 0 Å². The topological polar surface area (TPSA) is 23.5 Å². The van der Waals surface area contributed by atoms with Gasteiger partial charge in [0.2, 0.25) is 0 Å². The number of hydrogen-bond donors (Lipinski definition) is 1. The van der Waals surface area contributed by atoms with Crippen LogP contribution in [0.4, 0.5) is 0 Å². The molecular formula is C21H31NO. The lowest BCUT2D eigenvalue weighted by Crippen LogP contribution is -2.56. The van der Waals surface area contributed by atoms with Crippen molar-refractivity contribution in [2.24, 2.45) is 11.8 Å². The lowest BCUT2D eigenvalue weighted by molar-refractivity contribution is 0.0336. The zero-order valence-corrected chi connectivity index (χ0v) is 14.7. The van der Waals surface area contributed by atoms with Crippen LogP contribution in [0.2, 0.25) is 0 Å². The minimum Gasteiger partial charge on any atom is -0.508 e. The molecule has 1 saturated carbocycles. The molecule has 0 radical (unpaired) electrons. The second kappa shape index (κ2) is 5.81. The zero-order valence-electron chi connectivity index (χ0n) is 14.7. The van der Waals surface area contributed by atoms with Gasteiger partial charge in [-0.25, -0.2) is 0 Å². The van der Waals surface area contributed by atoms with Crippen molar-refractivity contribution in [1.82, 2.24) is 4.90 Å². The average molecular weight is 313 g/mol. The molecule has 2 nitrogen and oxygen atoms in total. The summed E-state index contributed by atoms with van der Waals surface area (Å²) in [5.41, 5.74) is 3.03. The largest absolute Gasteiger partial charge is 0.508 e. The Bertz CT molecular complexity index is 573. The maximum atomic E-state index is 9.95. The van der Waals surface area contributed by atoms with Crippen molar-refractivity contribution in [2.45, 2.75) is 70.3 Å². The normalized spacial score (nSPS) is 30.9. The van der Waals surface area contributed by atoms with Crippen LogP contribution < -0.4 is 0 Å². The Morgan fingerprint density at radius 2 is 1.91 bits per heavy atom. The van der Waals surface area contributed by atoms with E-state index in [1.807, 2.05) is 12.1 Å². The number of aromatic hydroxyl groups is 1. The number of piperidine rings is 1. The second-order valence-electron chi connectivity index (χ2n) is 8.73. The molecule has 1 aliphatic heterocycles. The van der Waals surface area contributed by atoms with Crippen LogP contribution in [0, 0.1) is 11.8 Å². The third kappa shape index (κ3) is 2.69. The molecule has 0 aromatic heterocycles. The summed E-state index contributed by atoms with van der Waals surface area (Å²) in [6.07, 6.45) is 9.64. The third-order valence-electron chi connectivity index (χ3n) is 7.01. The average Bonchev–Trinajstić information content (AvgIpc) is 3.02. The fourth-order valence-electron chi connectivity index (χ4n) is 5.76. The van der Waals surface area contributed by atoms with Gasteiger partial charge < -0.3 is 5.11 Å². The van der Waals surface area contributed by atoms with E-state index in [0.717, 1.165) is 11.8 Å². The number of nitrogens with zero attached hydrogens (tertiary/aromatic N) is 1. The van der Waals surface area contributed by atoms with E-state index in [4.69, 9.17) is 0 Å². The molecule has 2 atom stereocenters. The number of benzene rings is 1. The highest BCUT2D eigenvalue weighted by Crippen LogP contribution is 2.48. The summed E-state index contributed by atoms with van der Waals surface area (Å²) in [6, 6.07) is 6.78. The van der Waals surface area contributed by atoms with Gasteiger partial charge in [0.1, 0.15) is 5.75 Å². The van der Waals surface area contributed by atoms with E-state index in [0.29, 0.717) is 11.8 Å². The third-order valence-corrected chi connectivity index (χ3v) is 7.01. The van der Waals surface area contributed by atoms with Gasteiger partial charge >= 0.3 is 0 Å². The highest BCUT2D eigenvalue weighted by molar-refractivity contribution is 5.43. The Hall–Kier alpha value is -1.02. The summed E-state index contributed by atoms with van der Waals surface area (Å²) in [4.78, 5) is 2.84. The number of hydrogen-bond acceptors (Lipinski definition) is 2. The summed E-state index contributed by atoms with van der Waals surface area (Å²) in [6.45, 7) is 7.42. The SMILES string of the molecule is CC1(C)c2cc(O)ccc2C[C@H]2[C@@H]1CCCN2CC1CCCC1. The Labute approximate surface area is 140 Å². The molecule has 23 heavy (non-hydrogen) atoms. The van der Waals surface area contributed by atoms with Gasteiger partial charge in [-0.05, 0) is 79.2 Å². The molecule has 3 aliphatic rings. The van der Waals surface area contributed by atoms with E-state index >= 15 is 0 Å². The van der Waals surface area contributed by atoms with E-state index in [1.165, 1.54) is 69.2 Å². The summed E-state index contributed by atoms with van der Waals surface area (Å²) in [5, 5.41) is 9.95. The van der Waals surface area contributed by atoms with E-state index in [-0.39, 0.29) is 5.41 Å². The van der Waals surface area contributed by atoms with Gasteiger partial charge in [-0.15, -0.1) is 0 Å². The van der Waals surface area contributed by atoms with Crippen molar-refractivity contribution in [3.8, 4) is 5.75 Å². The molecular weight excluding hydrogens is 282 g/mol. The number of phenolic OH excluding ortho intramolecular Hbond substituents is 1. The zero-order chi connectivity index (χ0) is 16.0. The lowest BCUT2D eigenvalue weighted by Gasteiger charge is -2.52. The molecule has 1 aromatic carbocycles. The molecule has 1 N–H and O–H groups in total. The molecule has 1 aromatic rings. The van der Waals surface area contributed by atoms with Crippen LogP contribution in [0.15, 0.2) is 18.2 Å². The fraction of sp³-hybridized carbons (Fsp3) is 0.714. The van der Waals surface area contributed by atoms with Crippen molar-refractivity contribution >= 4 is 0 Å². The maximum absolute atomic E-state index is 9.95. The highest BCUT2D eigenvalue weighted by Gasteiger charge is 2.46. The molecule has 2 heteroatoms. The quantitative estimate of drug-likeness (QED) is 0.869. The van der Waals surface area contributed by atoms with Gasteiger partial charge in [0, 0.05) is 12.6 Å². The summed E-state index contributed by atoms with van der Waals surface area (Å²) < 4.78 is 0. The smallest absolute Gasteiger partial charge is 0.115 e. The van der Waals surface area contributed by atoms with Crippen molar-refractivity contribution < 1.29 is 5.11 Å². The predicted molar refractivity (Wildman–Crippen MR) is 94.9 cm³/mol. The molecule has 126 valence electrons. The summed E-state index contributed by atoms with van der Waals surface area (Å²) in [5.74, 6) is 2.10. The first-order valence-electron chi connectivity index (χ1n) is 9.62. The van der Waals surface area contributed by atoms with Gasteiger partial charge in [0.25, 0.3) is 0 Å². The molecule has 2 aliphatic carbocycles. The van der Waals surface area contributed by atoms with E-state index in [9.17, 15) is 5.11 Å². The number of rotatable bonds is 2. The van der Waals surface area contributed by atoms with Crippen LogP contribution in [0.5, 0.6) is 5.75 Å². The van der Waals surface area contributed by atoms with Crippen molar-refractivity contribution in [3.05, 3.63) is 29.3 Å². The first-order valence-corrected chi connectivity index (χ1v) is 9.62. The first-order chi connectivity index (χ1) is 11.1. The van der Waals surface area contributed by atoms with E-state index in [2.05, 4.69) is 24.8 Å². The van der Waals surface area contributed by atoms with E-state index in [1.54, 1.807) is 0 Å². The van der Waals surface area contributed by atoms with Gasteiger partial charge in [-0.2, -0.15) is 0 Å². The Morgan fingerprint density at radius 1 is 1.13 bits per heavy atom. The minimum absolute atomic E-state index is 0.172. The van der Waals surface area contributed by atoms with Gasteiger partial charge in [-0.3, -0.25) is 4.90 Å². The van der Waals surface area contributed by atoms with Crippen LogP contribution in [0.3, 0.4) is 0 Å². The van der Waals surface area contributed by atoms with Crippen LogP contribution in [-0.2, 0) is 11.8 Å². The number of phenols is 1. The molecule has 1 saturated heterocycles. The monoisotopic (exact) mass is 313 g/mol. The van der Waals surface area contributed by atoms with Crippen LogP contribution in [-0.4, -0.2) is 29.1 Å². The molecule has 4 rings (SSSR count). The minimum atomic E-state index is 0.172. The first kappa shape index (κ1) is 15.5. The second-order valence-corrected chi connectivity index (χ2v) is 8.73. The Balaban J connectivity index is 1.63. The van der Waals surface area contributed by atoms with Gasteiger partial charge in [0.05, 0.1) is 0 Å². The van der Waals surface area contributed by atoms with Crippen LogP contribution >= 0.6 is 0 Å². The van der Waals surface area contributed by atoms with Gasteiger partial charge in [0.15, 0.2) is 0 Å². The molecule has 1 heterocycles. The van der Waals surface area contributed by atoms with E-state index < -0.39 is 0 Å². The summed E-state index contributed by atoms with van der Waals surface area (Å²) >= 11 is 0. The van der Waals surface area contributed by atoms with Crippen molar-refractivity contribution in [3.63, 3.8) is 0 Å².